The Kier molecular flexibility index (Phi) is 2.88. The zero-order chi connectivity index (χ0) is 11.6. The van der Waals surface area contributed by atoms with Gasteiger partial charge in [-0.3, -0.25) is 4.90 Å². The Balaban J connectivity index is 3.23. The van der Waals surface area contributed by atoms with Gasteiger partial charge in [-0.1, -0.05) is 12.1 Å². The first-order valence-electron chi connectivity index (χ1n) is 4.71. The van der Waals surface area contributed by atoms with Crippen LogP contribution in [0.4, 0.5) is 16.2 Å². The van der Waals surface area contributed by atoms with Crippen molar-refractivity contribution >= 4 is 17.5 Å². The first-order chi connectivity index (χ1) is 6.84. The van der Waals surface area contributed by atoms with Crippen LogP contribution in [0.5, 0.6) is 0 Å². The highest BCUT2D eigenvalue weighted by atomic mass is 16.4. The zero-order valence-electron chi connectivity index (χ0n) is 9.19. The predicted octanol–water partition coefficient (Wildman–Crippen LogP) is 2.55. The van der Waals surface area contributed by atoms with Crippen molar-refractivity contribution in [2.24, 2.45) is 0 Å². The van der Waals surface area contributed by atoms with Gasteiger partial charge >= 0.3 is 6.09 Å². The first kappa shape index (κ1) is 11.4. The zero-order valence-corrected chi connectivity index (χ0v) is 9.19. The summed E-state index contributed by atoms with van der Waals surface area (Å²) >= 11 is 0. The number of rotatable bonds is 1. The average Bonchev–Trinajstić information content (AvgIpc) is 2.05. The highest BCUT2D eigenvalue weighted by Crippen LogP contribution is 2.28. The fourth-order valence-electron chi connectivity index (χ4n) is 1.44. The van der Waals surface area contributed by atoms with Crippen LogP contribution in [0.3, 0.4) is 0 Å². The molecule has 0 fully saturated rings. The molecule has 0 saturated heterocycles. The summed E-state index contributed by atoms with van der Waals surface area (Å²) in [6.45, 7) is 5.48. The maximum Gasteiger partial charge on any atom is 0.412 e. The summed E-state index contributed by atoms with van der Waals surface area (Å²) in [6, 6.07) is 6.95. The molecule has 82 valence electrons. The lowest BCUT2D eigenvalue weighted by Gasteiger charge is -2.33. The summed E-state index contributed by atoms with van der Waals surface area (Å²) in [5, 5.41) is 9.16. The van der Waals surface area contributed by atoms with Gasteiger partial charge in [-0.2, -0.15) is 0 Å². The fourth-order valence-corrected chi connectivity index (χ4v) is 1.44. The number of nitrogens with two attached hydrogens (primary N) is 1. The smallest absolute Gasteiger partial charge is 0.412 e. The van der Waals surface area contributed by atoms with Crippen LogP contribution in [0.1, 0.15) is 20.8 Å². The summed E-state index contributed by atoms with van der Waals surface area (Å²) in [4.78, 5) is 12.4. The minimum absolute atomic E-state index is 0.467. The molecule has 0 spiro atoms. The SMILES string of the molecule is CC(C)(C)N(C(=O)O)c1ccccc1N. The Hall–Kier alpha value is -1.71. The molecule has 4 heteroatoms. The molecule has 0 radical (unpaired) electrons. The number of hydrogen-bond donors (Lipinski definition) is 2. The largest absolute Gasteiger partial charge is 0.465 e. The number of anilines is 2. The van der Waals surface area contributed by atoms with Crippen LogP contribution < -0.4 is 10.6 Å². The van der Waals surface area contributed by atoms with Crippen molar-refractivity contribution in [2.45, 2.75) is 26.3 Å². The molecular formula is C11H16N2O2. The molecule has 0 aliphatic heterocycles. The molecule has 0 bridgehead atoms. The van der Waals surface area contributed by atoms with Gasteiger partial charge in [0.25, 0.3) is 0 Å². The molecule has 0 saturated carbocycles. The highest BCUT2D eigenvalue weighted by molar-refractivity contribution is 5.91. The minimum atomic E-state index is -1.000. The molecule has 0 aliphatic rings. The van der Waals surface area contributed by atoms with Crippen LogP contribution in [0, 0.1) is 0 Å². The minimum Gasteiger partial charge on any atom is -0.465 e. The molecule has 0 atom stereocenters. The lowest BCUT2D eigenvalue weighted by atomic mass is 10.1. The predicted molar refractivity (Wildman–Crippen MR) is 61.1 cm³/mol. The van der Waals surface area contributed by atoms with Crippen LogP contribution >= 0.6 is 0 Å². The summed E-state index contributed by atoms with van der Waals surface area (Å²) in [6.07, 6.45) is -1.000. The Morgan fingerprint density at radius 1 is 1.33 bits per heavy atom. The quantitative estimate of drug-likeness (QED) is 0.697. The normalized spacial score (nSPS) is 11.1. The first-order valence-corrected chi connectivity index (χ1v) is 4.71. The molecule has 0 heterocycles. The second-order valence-electron chi connectivity index (χ2n) is 4.35. The van der Waals surface area contributed by atoms with E-state index in [9.17, 15) is 4.79 Å². The Morgan fingerprint density at radius 2 is 1.87 bits per heavy atom. The standard InChI is InChI=1S/C11H16N2O2/c1-11(2,3)13(10(14)15)9-7-5-4-6-8(9)12/h4-7H,12H2,1-3H3,(H,14,15). The molecule has 3 N–H and O–H groups in total. The van der Waals surface area contributed by atoms with E-state index in [1.165, 1.54) is 4.90 Å². The molecular weight excluding hydrogens is 192 g/mol. The third-order valence-corrected chi connectivity index (χ3v) is 2.04. The van der Waals surface area contributed by atoms with Gasteiger partial charge in [-0.15, -0.1) is 0 Å². The van der Waals surface area contributed by atoms with Gasteiger partial charge in [0.05, 0.1) is 11.4 Å². The van der Waals surface area contributed by atoms with Crippen molar-refractivity contribution in [3.63, 3.8) is 0 Å². The van der Waals surface area contributed by atoms with E-state index in [1.807, 2.05) is 20.8 Å². The number of amides is 1. The highest BCUT2D eigenvalue weighted by Gasteiger charge is 2.28. The van der Waals surface area contributed by atoms with Crippen molar-refractivity contribution in [1.82, 2.24) is 0 Å². The molecule has 0 aliphatic carbocycles. The van der Waals surface area contributed by atoms with Crippen molar-refractivity contribution in [1.29, 1.82) is 0 Å². The third-order valence-electron chi connectivity index (χ3n) is 2.04. The monoisotopic (exact) mass is 208 g/mol. The number of para-hydroxylation sites is 2. The van der Waals surface area contributed by atoms with E-state index in [2.05, 4.69) is 0 Å². The maximum atomic E-state index is 11.2. The average molecular weight is 208 g/mol. The Bertz CT molecular complexity index is 369. The van der Waals surface area contributed by atoms with Gasteiger partial charge in [-0.25, -0.2) is 4.79 Å². The summed E-state index contributed by atoms with van der Waals surface area (Å²) in [5.74, 6) is 0. The van der Waals surface area contributed by atoms with Gasteiger partial charge in [-0.05, 0) is 32.9 Å². The summed E-state index contributed by atoms with van der Waals surface area (Å²) < 4.78 is 0. The Labute approximate surface area is 89.3 Å². The molecule has 1 aromatic carbocycles. The van der Waals surface area contributed by atoms with Gasteiger partial charge in [0.1, 0.15) is 0 Å². The second kappa shape index (κ2) is 3.81. The molecule has 1 amide bonds. The fraction of sp³-hybridized carbons (Fsp3) is 0.364. The molecule has 0 unspecified atom stereocenters. The number of nitrogen functional groups attached to an aromatic ring is 1. The van der Waals surface area contributed by atoms with E-state index >= 15 is 0 Å². The number of benzene rings is 1. The number of carbonyl (C=O) groups is 1. The third kappa shape index (κ3) is 2.40. The van der Waals surface area contributed by atoms with Crippen molar-refractivity contribution in [2.75, 3.05) is 10.6 Å². The van der Waals surface area contributed by atoms with Crippen molar-refractivity contribution in [3.8, 4) is 0 Å². The molecule has 1 rings (SSSR count). The van der Waals surface area contributed by atoms with Crippen LogP contribution in [0.15, 0.2) is 24.3 Å². The lowest BCUT2D eigenvalue weighted by molar-refractivity contribution is 0.195. The van der Waals surface area contributed by atoms with E-state index in [4.69, 9.17) is 10.8 Å². The van der Waals surface area contributed by atoms with Gasteiger partial charge in [0.15, 0.2) is 0 Å². The van der Waals surface area contributed by atoms with Crippen molar-refractivity contribution in [3.05, 3.63) is 24.3 Å². The molecule has 4 nitrogen and oxygen atoms in total. The Morgan fingerprint density at radius 3 is 2.27 bits per heavy atom. The topological polar surface area (TPSA) is 66.6 Å². The van der Waals surface area contributed by atoms with Crippen LogP contribution in [-0.2, 0) is 0 Å². The molecule has 0 aromatic heterocycles. The van der Waals surface area contributed by atoms with Crippen LogP contribution in [0.2, 0.25) is 0 Å². The van der Waals surface area contributed by atoms with Crippen molar-refractivity contribution < 1.29 is 9.90 Å². The number of hydrogen-bond acceptors (Lipinski definition) is 2. The molecule has 1 aromatic rings. The maximum absolute atomic E-state index is 11.2. The van der Waals surface area contributed by atoms with Gasteiger partial charge in [0.2, 0.25) is 0 Å². The van der Waals surface area contributed by atoms with E-state index < -0.39 is 11.6 Å². The number of carboxylic acid groups (broad SMARTS) is 1. The second-order valence-corrected chi connectivity index (χ2v) is 4.35. The van der Waals surface area contributed by atoms with E-state index in [0.717, 1.165) is 0 Å². The van der Waals surface area contributed by atoms with Crippen LogP contribution in [-0.4, -0.2) is 16.7 Å². The van der Waals surface area contributed by atoms with E-state index in [0.29, 0.717) is 11.4 Å². The van der Waals surface area contributed by atoms with Crippen LogP contribution in [0.25, 0.3) is 0 Å². The molecule has 15 heavy (non-hydrogen) atoms. The summed E-state index contributed by atoms with van der Waals surface area (Å²) in [5.41, 5.74) is 6.23. The number of nitrogens with zero attached hydrogens (tertiary/aromatic N) is 1. The van der Waals surface area contributed by atoms with Gasteiger partial charge in [0, 0.05) is 5.54 Å². The summed E-state index contributed by atoms with van der Waals surface area (Å²) in [7, 11) is 0. The van der Waals surface area contributed by atoms with E-state index in [1.54, 1.807) is 24.3 Å². The lowest BCUT2D eigenvalue weighted by Crippen LogP contribution is -2.45. The van der Waals surface area contributed by atoms with Gasteiger partial charge < -0.3 is 10.8 Å². The van der Waals surface area contributed by atoms with E-state index in [-0.39, 0.29) is 0 Å².